The Balaban J connectivity index is 2.01. The number of benzene rings is 1. The van der Waals surface area contributed by atoms with E-state index in [4.69, 9.17) is 24.1 Å². The van der Waals surface area contributed by atoms with Gasteiger partial charge >= 0.3 is 0 Å². The minimum Gasteiger partial charge on any atom is -0.507 e. The molecular formula is C29H46O6. The topological polar surface area (TPSA) is 77.4 Å². The number of phenolic OH excluding ortho intramolecular Hbond substituents is 1. The van der Waals surface area contributed by atoms with Crippen LogP contribution in [0.3, 0.4) is 0 Å². The summed E-state index contributed by atoms with van der Waals surface area (Å²) < 4.78 is 22.5. The first kappa shape index (κ1) is 29.4. The van der Waals surface area contributed by atoms with Gasteiger partial charge in [0, 0.05) is 11.5 Å². The van der Waals surface area contributed by atoms with Gasteiger partial charge in [0.1, 0.15) is 18.1 Å². The number of hydrogen-bond acceptors (Lipinski definition) is 6. The Morgan fingerprint density at radius 3 is 2.29 bits per heavy atom. The van der Waals surface area contributed by atoms with Crippen molar-refractivity contribution < 1.29 is 29.2 Å². The third-order valence-corrected chi connectivity index (χ3v) is 6.43. The van der Waals surface area contributed by atoms with Gasteiger partial charge in [-0.3, -0.25) is 0 Å². The van der Waals surface area contributed by atoms with E-state index in [1.54, 1.807) is 0 Å². The minimum absolute atomic E-state index is 0.0226. The highest BCUT2D eigenvalue weighted by Crippen LogP contribution is 2.47. The second-order valence-corrected chi connectivity index (χ2v) is 9.42. The summed E-state index contributed by atoms with van der Waals surface area (Å²) in [6, 6.07) is 4.02. The summed E-state index contributed by atoms with van der Waals surface area (Å²) in [4.78, 5) is 0. The summed E-state index contributed by atoms with van der Waals surface area (Å²) in [5.41, 5.74) is 4.45. The van der Waals surface area contributed by atoms with Gasteiger partial charge in [0.25, 0.3) is 0 Å². The molecule has 0 radical (unpaired) electrons. The van der Waals surface area contributed by atoms with Gasteiger partial charge < -0.3 is 29.2 Å². The zero-order valence-electron chi connectivity index (χ0n) is 22.0. The number of phenols is 1. The second-order valence-electron chi connectivity index (χ2n) is 9.42. The average Bonchev–Trinajstić information content (AvgIpc) is 2.82. The third-order valence-electron chi connectivity index (χ3n) is 6.43. The van der Waals surface area contributed by atoms with Gasteiger partial charge in [-0.1, -0.05) is 43.6 Å². The first-order valence-corrected chi connectivity index (χ1v) is 13.1. The van der Waals surface area contributed by atoms with Crippen LogP contribution < -0.4 is 4.74 Å². The molecule has 0 bridgehead atoms. The summed E-state index contributed by atoms with van der Waals surface area (Å²) in [5.74, 6) is 1.41. The molecule has 6 nitrogen and oxygen atoms in total. The van der Waals surface area contributed by atoms with Crippen molar-refractivity contribution in [1.29, 1.82) is 0 Å². The van der Waals surface area contributed by atoms with Crippen LogP contribution in [0.25, 0.3) is 0 Å². The van der Waals surface area contributed by atoms with E-state index in [1.165, 1.54) is 12.0 Å². The van der Waals surface area contributed by atoms with E-state index in [-0.39, 0.29) is 18.4 Å². The Hall–Kier alpha value is -1.86. The lowest BCUT2D eigenvalue weighted by molar-refractivity contribution is 0.00354. The molecule has 1 aromatic rings. The highest BCUT2D eigenvalue weighted by Gasteiger charge is 2.30. The van der Waals surface area contributed by atoms with E-state index in [9.17, 15) is 5.11 Å². The van der Waals surface area contributed by atoms with Gasteiger partial charge in [-0.2, -0.15) is 0 Å². The minimum atomic E-state index is 0.0226. The van der Waals surface area contributed by atoms with Gasteiger partial charge in [0.05, 0.1) is 46.2 Å². The van der Waals surface area contributed by atoms with Crippen molar-refractivity contribution in [3.8, 4) is 11.5 Å². The maximum Gasteiger partial charge on any atom is 0.127 e. The number of unbranched alkanes of at least 4 members (excludes halogenated alkanes) is 2. The fourth-order valence-electron chi connectivity index (χ4n) is 4.57. The molecule has 35 heavy (non-hydrogen) atoms. The Kier molecular flexibility index (Phi) is 14.1. The van der Waals surface area contributed by atoms with Crippen LogP contribution in [0, 0.1) is 5.92 Å². The molecule has 0 fully saturated rings. The van der Waals surface area contributed by atoms with E-state index in [0.717, 1.165) is 54.6 Å². The number of aryl methyl sites for hydroxylation is 1. The zero-order chi connectivity index (χ0) is 25.5. The van der Waals surface area contributed by atoms with Crippen LogP contribution in [0.5, 0.6) is 11.5 Å². The van der Waals surface area contributed by atoms with Gasteiger partial charge in [0.2, 0.25) is 0 Å². The lowest BCUT2D eigenvalue weighted by atomic mass is 9.73. The Morgan fingerprint density at radius 1 is 1.00 bits per heavy atom. The summed E-state index contributed by atoms with van der Waals surface area (Å²) in [7, 11) is 0. The van der Waals surface area contributed by atoms with Crippen LogP contribution in [0.2, 0.25) is 0 Å². The second kappa shape index (κ2) is 16.7. The first-order chi connectivity index (χ1) is 17.0. The molecule has 0 aliphatic heterocycles. The molecule has 0 spiro atoms. The fraction of sp³-hybridized carbons (Fsp3) is 0.655. The van der Waals surface area contributed by atoms with Crippen molar-refractivity contribution in [2.75, 3.05) is 52.9 Å². The van der Waals surface area contributed by atoms with Crippen molar-refractivity contribution >= 4 is 0 Å². The van der Waals surface area contributed by atoms with Crippen LogP contribution in [0.15, 0.2) is 35.9 Å². The number of ether oxygens (including phenoxy) is 4. The van der Waals surface area contributed by atoms with Crippen LogP contribution in [-0.4, -0.2) is 63.1 Å². The zero-order valence-corrected chi connectivity index (χ0v) is 22.0. The summed E-state index contributed by atoms with van der Waals surface area (Å²) in [6.07, 6.45) is 8.73. The van der Waals surface area contributed by atoms with E-state index in [1.807, 2.05) is 6.07 Å². The van der Waals surface area contributed by atoms with E-state index < -0.39 is 0 Å². The molecule has 1 aliphatic carbocycles. The van der Waals surface area contributed by atoms with E-state index >= 15 is 0 Å². The molecule has 2 atom stereocenters. The molecule has 0 heterocycles. The molecule has 0 unspecified atom stereocenters. The molecule has 2 N–H and O–H groups in total. The fourth-order valence-corrected chi connectivity index (χ4v) is 4.57. The Labute approximate surface area is 211 Å². The molecule has 198 valence electrons. The third kappa shape index (κ3) is 10.3. The predicted molar refractivity (Wildman–Crippen MR) is 140 cm³/mol. The van der Waals surface area contributed by atoms with Crippen molar-refractivity contribution in [3.63, 3.8) is 0 Å². The van der Waals surface area contributed by atoms with Crippen molar-refractivity contribution in [2.45, 2.75) is 65.2 Å². The number of aliphatic hydroxyl groups excluding tert-OH is 1. The Bertz CT molecular complexity index is 788. The Morgan fingerprint density at radius 2 is 1.66 bits per heavy atom. The van der Waals surface area contributed by atoms with Crippen LogP contribution in [0.1, 0.15) is 69.9 Å². The van der Waals surface area contributed by atoms with Gasteiger partial charge in [-0.05, 0) is 63.1 Å². The van der Waals surface area contributed by atoms with Gasteiger partial charge in [-0.15, -0.1) is 0 Å². The maximum absolute atomic E-state index is 11.1. The predicted octanol–water partition coefficient (Wildman–Crippen LogP) is 5.56. The van der Waals surface area contributed by atoms with Crippen LogP contribution in [0.4, 0.5) is 0 Å². The lowest BCUT2D eigenvalue weighted by Gasteiger charge is -2.32. The van der Waals surface area contributed by atoms with Crippen molar-refractivity contribution in [1.82, 2.24) is 0 Å². The van der Waals surface area contributed by atoms with Crippen molar-refractivity contribution in [3.05, 3.63) is 47.1 Å². The molecule has 1 aromatic carbocycles. The molecule has 0 saturated carbocycles. The van der Waals surface area contributed by atoms with Crippen LogP contribution in [-0.2, 0) is 20.6 Å². The standard InChI is InChI=1S/C29H46O6/c1-5-6-7-8-24-20-27(31)29(26-19-23(4)9-10-25(26)22(2)3)28(21-24)35-18-17-34-16-15-33-14-13-32-12-11-30/h19-21,25-26,30-31H,2,5-18H2,1,3-4H3/t25-,26+/m0/s1. The smallest absolute Gasteiger partial charge is 0.127 e. The lowest BCUT2D eigenvalue weighted by Crippen LogP contribution is -2.19. The molecule has 0 saturated heterocycles. The molecule has 2 rings (SSSR count). The number of aromatic hydroxyl groups is 1. The summed E-state index contributed by atoms with van der Waals surface area (Å²) >= 11 is 0. The normalized spacial score (nSPS) is 17.9. The van der Waals surface area contributed by atoms with Crippen LogP contribution >= 0.6 is 0 Å². The number of allylic oxidation sites excluding steroid dienone is 3. The van der Waals surface area contributed by atoms with Gasteiger partial charge in [0.15, 0.2) is 0 Å². The SMILES string of the molecule is C=C(C)[C@@H]1CCC(C)=C[C@H]1c1c(O)cc(CCCCC)cc1OCCOCCOCCOCCO. The van der Waals surface area contributed by atoms with E-state index in [2.05, 4.69) is 39.5 Å². The average molecular weight is 491 g/mol. The molecule has 1 aliphatic rings. The van der Waals surface area contributed by atoms with E-state index in [0.29, 0.717) is 52.0 Å². The molecule has 6 heteroatoms. The summed E-state index contributed by atoms with van der Waals surface area (Å²) in [5, 5.41) is 19.8. The summed E-state index contributed by atoms with van der Waals surface area (Å²) in [6.45, 7) is 13.8. The quantitative estimate of drug-likeness (QED) is 0.207. The highest BCUT2D eigenvalue weighted by atomic mass is 16.6. The highest BCUT2D eigenvalue weighted by molar-refractivity contribution is 5.52. The number of hydrogen-bond donors (Lipinski definition) is 2. The molecule has 0 amide bonds. The molecule has 0 aromatic heterocycles. The number of rotatable bonds is 18. The first-order valence-electron chi connectivity index (χ1n) is 13.1. The monoisotopic (exact) mass is 490 g/mol. The molecular weight excluding hydrogens is 444 g/mol. The van der Waals surface area contributed by atoms with Crippen molar-refractivity contribution in [2.24, 2.45) is 5.92 Å². The number of aliphatic hydroxyl groups is 1. The van der Waals surface area contributed by atoms with Gasteiger partial charge in [-0.25, -0.2) is 0 Å². The largest absolute Gasteiger partial charge is 0.507 e. The maximum atomic E-state index is 11.1.